The van der Waals surface area contributed by atoms with E-state index in [1.165, 1.54) is 0 Å². The molecule has 7 heteroatoms. The van der Waals surface area contributed by atoms with Crippen LogP contribution >= 0.6 is 23.2 Å². The largest absolute Gasteiger partial charge is 0.481 e. The average molecular weight is 403 g/mol. The number of nitrogens with one attached hydrogen (secondary N) is 2. The maximum atomic E-state index is 12.3. The van der Waals surface area contributed by atoms with Crippen LogP contribution < -0.4 is 10.6 Å². The first kappa shape index (κ1) is 19.0. The van der Waals surface area contributed by atoms with Crippen molar-refractivity contribution < 1.29 is 14.7 Å². The average Bonchev–Trinajstić information content (AvgIpc) is 2.64. The number of carbonyl (C=O) groups is 2. The Balaban J connectivity index is 1.74. The van der Waals surface area contributed by atoms with Crippen molar-refractivity contribution in [3.05, 3.63) is 76.3 Å². The first-order valence-corrected chi connectivity index (χ1v) is 8.92. The summed E-state index contributed by atoms with van der Waals surface area (Å²) in [5.74, 6) is -2.19. The second-order valence-electron chi connectivity index (χ2n) is 5.89. The van der Waals surface area contributed by atoms with Gasteiger partial charge in [-0.2, -0.15) is 0 Å². The van der Waals surface area contributed by atoms with Gasteiger partial charge < -0.3 is 15.7 Å². The van der Waals surface area contributed by atoms with Gasteiger partial charge in [-0.05, 0) is 23.6 Å². The van der Waals surface area contributed by atoms with Gasteiger partial charge in [0.25, 0.3) is 0 Å². The quantitative estimate of drug-likeness (QED) is 0.552. The van der Waals surface area contributed by atoms with E-state index in [4.69, 9.17) is 23.2 Å². The molecule has 3 aromatic rings. The van der Waals surface area contributed by atoms with Gasteiger partial charge in [-0.1, -0.05) is 65.7 Å². The third-order valence-corrected chi connectivity index (χ3v) is 4.81. The third-order valence-electron chi connectivity index (χ3n) is 4.15. The minimum atomic E-state index is -1.13. The Labute approximate surface area is 165 Å². The highest BCUT2D eigenvalue weighted by atomic mass is 35.5. The molecule has 0 spiro atoms. The molecule has 1 unspecified atom stereocenters. The molecule has 5 nitrogen and oxygen atoms in total. The van der Waals surface area contributed by atoms with Crippen LogP contribution in [-0.4, -0.2) is 23.7 Å². The highest BCUT2D eigenvalue weighted by Crippen LogP contribution is 2.31. The van der Waals surface area contributed by atoms with Crippen LogP contribution in [0.3, 0.4) is 0 Å². The van der Waals surface area contributed by atoms with Gasteiger partial charge in [0, 0.05) is 27.5 Å². The molecule has 0 saturated carbocycles. The summed E-state index contributed by atoms with van der Waals surface area (Å²) in [5.41, 5.74) is 0.909. The Morgan fingerprint density at radius 2 is 1.56 bits per heavy atom. The van der Waals surface area contributed by atoms with E-state index in [0.29, 0.717) is 5.69 Å². The summed E-state index contributed by atoms with van der Waals surface area (Å²) in [6, 6.07) is 17.4. The number of urea groups is 1. The lowest BCUT2D eigenvalue weighted by Gasteiger charge is -2.17. The SMILES string of the molecule is O=C(NCC(C(=O)O)c1c(Cl)cccc1Cl)Nc1cccc2ccccc12. The summed E-state index contributed by atoms with van der Waals surface area (Å²) < 4.78 is 0. The number of anilines is 1. The van der Waals surface area contributed by atoms with E-state index < -0.39 is 17.9 Å². The van der Waals surface area contributed by atoms with Gasteiger partial charge in [0.2, 0.25) is 0 Å². The van der Waals surface area contributed by atoms with Crippen molar-refractivity contribution in [1.82, 2.24) is 5.32 Å². The van der Waals surface area contributed by atoms with E-state index in [1.54, 1.807) is 24.3 Å². The Morgan fingerprint density at radius 1 is 0.926 bits per heavy atom. The van der Waals surface area contributed by atoms with Crippen LogP contribution in [0, 0.1) is 0 Å². The van der Waals surface area contributed by atoms with E-state index in [0.717, 1.165) is 10.8 Å². The molecule has 1 atom stereocenters. The van der Waals surface area contributed by atoms with Crippen LogP contribution in [0.15, 0.2) is 60.7 Å². The second kappa shape index (κ2) is 8.29. The molecule has 0 aliphatic rings. The number of carboxylic acids is 1. The van der Waals surface area contributed by atoms with E-state index >= 15 is 0 Å². The predicted octanol–water partition coefficient (Wildman–Crippen LogP) is 5.14. The van der Waals surface area contributed by atoms with E-state index in [9.17, 15) is 14.7 Å². The lowest BCUT2D eigenvalue weighted by molar-refractivity contribution is -0.138. The number of carbonyl (C=O) groups excluding carboxylic acids is 1. The number of aliphatic carboxylic acids is 1. The van der Waals surface area contributed by atoms with Crippen LogP contribution in [-0.2, 0) is 4.79 Å². The van der Waals surface area contributed by atoms with Gasteiger partial charge in [-0.15, -0.1) is 0 Å². The zero-order chi connectivity index (χ0) is 19.4. The van der Waals surface area contributed by atoms with Crippen molar-refractivity contribution in [3.8, 4) is 0 Å². The molecular weight excluding hydrogens is 387 g/mol. The fourth-order valence-corrected chi connectivity index (χ4v) is 3.51. The standard InChI is InChI=1S/C20H16Cl2N2O3/c21-15-8-4-9-16(22)18(15)14(19(25)26)11-23-20(27)24-17-10-3-6-12-5-1-2-7-13(12)17/h1-10,14H,11H2,(H,25,26)(H2,23,24,27). The van der Waals surface area contributed by atoms with E-state index in [-0.39, 0.29) is 22.2 Å². The molecule has 138 valence electrons. The summed E-state index contributed by atoms with van der Waals surface area (Å²) in [7, 11) is 0. The number of carboxylic acid groups (broad SMARTS) is 1. The maximum absolute atomic E-state index is 12.3. The van der Waals surface area contributed by atoms with Gasteiger partial charge in [0.05, 0.1) is 5.69 Å². The van der Waals surface area contributed by atoms with Crippen LogP contribution in [0.1, 0.15) is 11.5 Å². The van der Waals surface area contributed by atoms with Crippen molar-refractivity contribution in [2.45, 2.75) is 5.92 Å². The van der Waals surface area contributed by atoms with Crippen LogP contribution in [0.25, 0.3) is 10.8 Å². The smallest absolute Gasteiger partial charge is 0.319 e. The molecule has 27 heavy (non-hydrogen) atoms. The predicted molar refractivity (Wildman–Crippen MR) is 108 cm³/mol. The Hall–Kier alpha value is -2.76. The molecule has 0 radical (unpaired) electrons. The zero-order valence-electron chi connectivity index (χ0n) is 14.1. The Kier molecular flexibility index (Phi) is 5.84. The zero-order valence-corrected chi connectivity index (χ0v) is 15.6. The number of halogens is 2. The number of amides is 2. The molecular formula is C20H16Cl2N2O3. The van der Waals surface area contributed by atoms with Crippen molar-refractivity contribution in [3.63, 3.8) is 0 Å². The van der Waals surface area contributed by atoms with Gasteiger partial charge >= 0.3 is 12.0 Å². The molecule has 2 amide bonds. The van der Waals surface area contributed by atoms with Crippen LogP contribution in [0.5, 0.6) is 0 Å². The molecule has 0 fully saturated rings. The third kappa shape index (κ3) is 4.32. The lowest BCUT2D eigenvalue weighted by atomic mass is 9.99. The molecule has 0 bridgehead atoms. The van der Waals surface area contributed by atoms with E-state index in [1.807, 2.05) is 36.4 Å². The molecule has 3 aromatic carbocycles. The summed E-state index contributed by atoms with van der Waals surface area (Å²) >= 11 is 12.2. The summed E-state index contributed by atoms with van der Waals surface area (Å²) in [6.45, 7) is -0.157. The molecule has 0 aliphatic carbocycles. The lowest BCUT2D eigenvalue weighted by Crippen LogP contribution is -2.35. The summed E-state index contributed by atoms with van der Waals surface area (Å²) in [4.78, 5) is 24.0. The summed E-state index contributed by atoms with van der Waals surface area (Å²) in [6.07, 6.45) is 0. The Morgan fingerprint density at radius 3 is 2.26 bits per heavy atom. The number of fused-ring (bicyclic) bond motifs is 1. The first-order chi connectivity index (χ1) is 13.0. The number of hydrogen-bond donors (Lipinski definition) is 3. The van der Waals surface area contributed by atoms with Gasteiger partial charge in [0.15, 0.2) is 0 Å². The van der Waals surface area contributed by atoms with E-state index in [2.05, 4.69) is 10.6 Å². The monoisotopic (exact) mass is 402 g/mol. The van der Waals surface area contributed by atoms with Crippen LogP contribution in [0.4, 0.5) is 10.5 Å². The van der Waals surface area contributed by atoms with Gasteiger partial charge in [0.1, 0.15) is 5.92 Å². The normalized spacial score (nSPS) is 11.8. The molecule has 0 aromatic heterocycles. The molecule has 3 rings (SSSR count). The summed E-state index contributed by atoms with van der Waals surface area (Å²) in [5, 5.41) is 17.2. The van der Waals surface area contributed by atoms with Gasteiger partial charge in [-0.3, -0.25) is 4.79 Å². The van der Waals surface area contributed by atoms with Crippen molar-refractivity contribution in [2.24, 2.45) is 0 Å². The minimum absolute atomic E-state index is 0.157. The highest BCUT2D eigenvalue weighted by molar-refractivity contribution is 6.36. The number of hydrogen-bond acceptors (Lipinski definition) is 2. The first-order valence-electron chi connectivity index (χ1n) is 8.16. The van der Waals surface area contributed by atoms with Gasteiger partial charge in [-0.25, -0.2) is 4.79 Å². The Bertz CT molecular complexity index is 982. The second-order valence-corrected chi connectivity index (χ2v) is 6.70. The molecule has 0 heterocycles. The highest BCUT2D eigenvalue weighted by Gasteiger charge is 2.25. The van der Waals surface area contributed by atoms with Crippen molar-refractivity contribution in [1.29, 1.82) is 0 Å². The fraction of sp³-hybridized carbons (Fsp3) is 0.100. The topological polar surface area (TPSA) is 78.4 Å². The molecule has 0 aliphatic heterocycles. The fourth-order valence-electron chi connectivity index (χ4n) is 2.85. The van der Waals surface area contributed by atoms with Crippen LogP contribution in [0.2, 0.25) is 10.0 Å². The number of rotatable bonds is 5. The number of benzene rings is 3. The van der Waals surface area contributed by atoms with Crippen molar-refractivity contribution >= 4 is 51.7 Å². The molecule has 3 N–H and O–H groups in total. The molecule has 0 saturated heterocycles. The minimum Gasteiger partial charge on any atom is -0.481 e. The maximum Gasteiger partial charge on any atom is 0.319 e. The van der Waals surface area contributed by atoms with Crippen molar-refractivity contribution in [2.75, 3.05) is 11.9 Å².